The fraction of sp³-hybridized carbons (Fsp3) is 0.667. The third kappa shape index (κ3) is 7.21. The maximum absolute atomic E-state index is 12.1. The molecule has 0 spiro atoms. The zero-order chi connectivity index (χ0) is 21.9. The van der Waals surface area contributed by atoms with Gasteiger partial charge < -0.3 is 24.6 Å². The number of nitrogens with zero attached hydrogens (tertiary/aromatic N) is 3. The predicted molar refractivity (Wildman–Crippen MR) is 125 cm³/mol. The van der Waals surface area contributed by atoms with Crippen molar-refractivity contribution in [3.63, 3.8) is 0 Å². The highest BCUT2D eigenvalue weighted by Crippen LogP contribution is 2.21. The number of benzene rings is 1. The van der Waals surface area contributed by atoms with E-state index in [9.17, 15) is 4.79 Å². The molecular formula is C24H38N4O3. The molecule has 0 saturated carbocycles. The van der Waals surface area contributed by atoms with Crippen molar-refractivity contribution < 1.29 is 14.3 Å². The number of hydrogen-bond donors (Lipinski definition) is 1. The van der Waals surface area contributed by atoms with Gasteiger partial charge in [-0.15, -0.1) is 0 Å². The first-order chi connectivity index (χ1) is 15.2. The first kappa shape index (κ1) is 23.5. The zero-order valence-corrected chi connectivity index (χ0v) is 19.1. The molecule has 1 N–H and O–H groups in total. The normalized spacial score (nSPS) is 18.5. The van der Waals surface area contributed by atoms with Gasteiger partial charge in [-0.1, -0.05) is 12.1 Å². The quantitative estimate of drug-likeness (QED) is 0.370. The number of amides is 1. The van der Waals surface area contributed by atoms with Gasteiger partial charge in [0.2, 0.25) is 5.91 Å². The second-order valence-electron chi connectivity index (χ2n) is 8.24. The summed E-state index contributed by atoms with van der Waals surface area (Å²) in [5, 5.41) is 3.43. The number of piperidine rings is 2. The molecule has 1 aromatic carbocycles. The highest BCUT2D eigenvalue weighted by Gasteiger charge is 2.22. The van der Waals surface area contributed by atoms with Crippen molar-refractivity contribution in [2.24, 2.45) is 4.99 Å². The van der Waals surface area contributed by atoms with Crippen molar-refractivity contribution in [2.75, 3.05) is 51.4 Å². The minimum atomic E-state index is 0.234. The van der Waals surface area contributed by atoms with Gasteiger partial charge >= 0.3 is 0 Å². The maximum Gasteiger partial charge on any atom is 0.226 e. The molecule has 0 atom stereocenters. The van der Waals surface area contributed by atoms with Crippen LogP contribution < -0.4 is 10.2 Å². The SMILES string of the molecule is CCNC(=NCc1ccc(N2CCCCC2=O)cc1)N1CCC(OCCCOC)CC1. The number of rotatable bonds is 9. The number of carbonyl (C=O) groups excluding carboxylic acids is 1. The van der Waals surface area contributed by atoms with Crippen molar-refractivity contribution in [3.05, 3.63) is 29.8 Å². The summed E-state index contributed by atoms with van der Waals surface area (Å²) in [4.78, 5) is 21.2. The van der Waals surface area contributed by atoms with Crippen LogP contribution in [0.2, 0.25) is 0 Å². The largest absolute Gasteiger partial charge is 0.385 e. The number of carbonyl (C=O) groups is 1. The number of likely N-dealkylation sites (tertiary alicyclic amines) is 1. The molecule has 172 valence electrons. The fourth-order valence-corrected chi connectivity index (χ4v) is 4.14. The van der Waals surface area contributed by atoms with E-state index in [2.05, 4.69) is 29.3 Å². The average Bonchev–Trinajstić information content (AvgIpc) is 2.81. The summed E-state index contributed by atoms with van der Waals surface area (Å²) in [5.74, 6) is 1.20. The van der Waals surface area contributed by atoms with E-state index in [0.717, 1.165) is 88.7 Å². The van der Waals surface area contributed by atoms with E-state index in [1.807, 2.05) is 17.0 Å². The van der Waals surface area contributed by atoms with Gasteiger partial charge in [-0.2, -0.15) is 0 Å². The van der Waals surface area contributed by atoms with E-state index in [1.54, 1.807) is 7.11 Å². The Bertz CT molecular complexity index is 699. The second-order valence-corrected chi connectivity index (χ2v) is 8.24. The topological polar surface area (TPSA) is 66.4 Å². The van der Waals surface area contributed by atoms with Crippen LogP contribution in [0, 0.1) is 0 Å². The van der Waals surface area contributed by atoms with Crippen LogP contribution in [0.5, 0.6) is 0 Å². The van der Waals surface area contributed by atoms with Crippen molar-refractivity contribution in [1.82, 2.24) is 10.2 Å². The molecule has 3 rings (SSSR count). The summed E-state index contributed by atoms with van der Waals surface area (Å²) < 4.78 is 11.1. The van der Waals surface area contributed by atoms with Crippen LogP contribution in [0.15, 0.2) is 29.3 Å². The molecule has 2 aliphatic heterocycles. The van der Waals surface area contributed by atoms with Crippen LogP contribution in [0.25, 0.3) is 0 Å². The zero-order valence-electron chi connectivity index (χ0n) is 19.1. The molecule has 7 nitrogen and oxygen atoms in total. The lowest BCUT2D eigenvalue weighted by molar-refractivity contribution is -0.119. The highest BCUT2D eigenvalue weighted by molar-refractivity contribution is 5.93. The first-order valence-corrected chi connectivity index (χ1v) is 11.7. The van der Waals surface area contributed by atoms with Gasteiger partial charge in [-0.3, -0.25) is 4.79 Å². The Morgan fingerprint density at radius 2 is 1.90 bits per heavy atom. The molecular weight excluding hydrogens is 392 g/mol. The molecule has 7 heteroatoms. The monoisotopic (exact) mass is 430 g/mol. The lowest BCUT2D eigenvalue weighted by Crippen LogP contribution is -2.47. The number of anilines is 1. The standard InChI is InChI=1S/C24H38N4O3/c1-3-25-24(27-15-12-22(13-16-27)31-18-6-17-30-2)26-19-20-8-10-21(11-9-20)28-14-5-4-7-23(28)29/h8-11,22H,3-7,12-19H2,1-2H3,(H,25,26). The van der Waals surface area contributed by atoms with Crippen LogP contribution in [0.3, 0.4) is 0 Å². The summed E-state index contributed by atoms with van der Waals surface area (Å²) in [6.07, 6.45) is 6.08. The number of guanidine groups is 1. The van der Waals surface area contributed by atoms with Crippen molar-refractivity contribution >= 4 is 17.6 Å². The predicted octanol–water partition coefficient (Wildman–Crippen LogP) is 3.19. The molecule has 2 saturated heterocycles. The minimum absolute atomic E-state index is 0.234. The lowest BCUT2D eigenvalue weighted by atomic mass is 10.1. The van der Waals surface area contributed by atoms with Crippen LogP contribution in [0.4, 0.5) is 5.69 Å². The Hall–Kier alpha value is -2.12. The summed E-state index contributed by atoms with van der Waals surface area (Å²) in [6, 6.07) is 8.27. The van der Waals surface area contributed by atoms with E-state index < -0.39 is 0 Å². The first-order valence-electron chi connectivity index (χ1n) is 11.7. The number of nitrogens with one attached hydrogen (secondary N) is 1. The summed E-state index contributed by atoms with van der Waals surface area (Å²) >= 11 is 0. The Balaban J connectivity index is 1.51. The Morgan fingerprint density at radius 3 is 2.58 bits per heavy atom. The Morgan fingerprint density at radius 1 is 1.13 bits per heavy atom. The molecule has 1 aromatic rings. The maximum atomic E-state index is 12.1. The molecule has 0 bridgehead atoms. The Labute approximate surface area is 186 Å². The van der Waals surface area contributed by atoms with Gasteiger partial charge in [0, 0.05) is 58.6 Å². The number of methoxy groups -OCH3 is 1. The van der Waals surface area contributed by atoms with Crippen molar-refractivity contribution in [1.29, 1.82) is 0 Å². The van der Waals surface area contributed by atoms with E-state index in [1.165, 1.54) is 0 Å². The van der Waals surface area contributed by atoms with E-state index in [4.69, 9.17) is 14.5 Å². The van der Waals surface area contributed by atoms with Crippen LogP contribution in [-0.4, -0.2) is 69.4 Å². The van der Waals surface area contributed by atoms with Crippen molar-refractivity contribution in [2.45, 2.75) is 58.1 Å². The smallest absolute Gasteiger partial charge is 0.226 e. The van der Waals surface area contributed by atoms with Gasteiger partial charge in [0.25, 0.3) is 0 Å². The molecule has 2 aliphatic rings. The van der Waals surface area contributed by atoms with Gasteiger partial charge in [0.05, 0.1) is 12.6 Å². The molecule has 31 heavy (non-hydrogen) atoms. The molecule has 2 fully saturated rings. The Kier molecular flexibility index (Phi) is 9.62. The summed E-state index contributed by atoms with van der Waals surface area (Å²) in [5.41, 5.74) is 2.15. The number of hydrogen-bond acceptors (Lipinski definition) is 4. The van der Waals surface area contributed by atoms with Gasteiger partial charge in [-0.05, 0) is 56.7 Å². The average molecular weight is 431 g/mol. The molecule has 2 heterocycles. The molecule has 0 aliphatic carbocycles. The molecule has 1 amide bonds. The van der Waals surface area contributed by atoms with E-state index in [0.29, 0.717) is 19.1 Å². The second kappa shape index (κ2) is 12.7. The van der Waals surface area contributed by atoms with E-state index in [-0.39, 0.29) is 5.91 Å². The van der Waals surface area contributed by atoms with Gasteiger partial charge in [0.1, 0.15) is 0 Å². The number of aliphatic imine (C=N–C) groups is 1. The molecule has 0 aromatic heterocycles. The highest BCUT2D eigenvalue weighted by atomic mass is 16.5. The summed E-state index contributed by atoms with van der Waals surface area (Å²) in [7, 11) is 1.73. The molecule has 0 radical (unpaired) electrons. The van der Waals surface area contributed by atoms with Crippen LogP contribution in [-0.2, 0) is 20.8 Å². The lowest BCUT2D eigenvalue weighted by Gasteiger charge is -2.34. The third-order valence-corrected chi connectivity index (χ3v) is 5.91. The summed E-state index contributed by atoms with van der Waals surface area (Å²) in [6.45, 7) is 7.84. The molecule has 0 unspecified atom stereocenters. The minimum Gasteiger partial charge on any atom is -0.385 e. The fourth-order valence-electron chi connectivity index (χ4n) is 4.14. The van der Waals surface area contributed by atoms with Crippen molar-refractivity contribution in [3.8, 4) is 0 Å². The van der Waals surface area contributed by atoms with Crippen LogP contribution >= 0.6 is 0 Å². The van der Waals surface area contributed by atoms with Gasteiger partial charge in [0.15, 0.2) is 5.96 Å². The third-order valence-electron chi connectivity index (χ3n) is 5.91. The number of ether oxygens (including phenoxy) is 2. The van der Waals surface area contributed by atoms with Gasteiger partial charge in [-0.25, -0.2) is 4.99 Å². The van der Waals surface area contributed by atoms with E-state index >= 15 is 0 Å². The van der Waals surface area contributed by atoms with Crippen LogP contribution in [0.1, 0.15) is 51.0 Å².